The summed E-state index contributed by atoms with van der Waals surface area (Å²) in [6.07, 6.45) is 0.943. The van der Waals surface area contributed by atoms with Crippen LogP contribution in [0.3, 0.4) is 0 Å². The smallest absolute Gasteiger partial charge is 0.123 e. The lowest BCUT2D eigenvalue weighted by molar-refractivity contribution is 0.414. The molecule has 0 amide bonds. The predicted octanol–water partition coefficient (Wildman–Crippen LogP) is 3.48. The summed E-state index contributed by atoms with van der Waals surface area (Å²) in [6, 6.07) is 13.0. The van der Waals surface area contributed by atoms with E-state index in [1.54, 1.807) is 13.2 Å². The zero-order chi connectivity index (χ0) is 14.4. The first-order valence-corrected chi connectivity index (χ1v) is 6.77. The molecule has 0 aliphatic carbocycles. The van der Waals surface area contributed by atoms with Gasteiger partial charge in [-0.2, -0.15) is 0 Å². The van der Waals surface area contributed by atoms with Gasteiger partial charge >= 0.3 is 0 Å². The van der Waals surface area contributed by atoms with Gasteiger partial charge < -0.3 is 10.1 Å². The van der Waals surface area contributed by atoms with Gasteiger partial charge in [0.25, 0.3) is 0 Å². The molecule has 0 bridgehead atoms. The number of hydrogen-bond donors (Lipinski definition) is 1. The summed E-state index contributed by atoms with van der Waals surface area (Å²) in [7, 11) is 1.66. The first-order valence-electron chi connectivity index (χ1n) is 6.77. The maximum Gasteiger partial charge on any atom is 0.123 e. The predicted molar refractivity (Wildman–Crippen MR) is 79.5 cm³/mol. The lowest BCUT2D eigenvalue weighted by atomic mass is 10.1. The van der Waals surface area contributed by atoms with Crippen molar-refractivity contribution < 1.29 is 9.13 Å². The highest BCUT2D eigenvalue weighted by atomic mass is 19.1. The van der Waals surface area contributed by atoms with Crippen LogP contribution in [0.15, 0.2) is 42.5 Å². The molecule has 0 unspecified atom stereocenters. The number of ether oxygens (including phenoxy) is 1. The summed E-state index contributed by atoms with van der Waals surface area (Å²) in [4.78, 5) is 0. The fourth-order valence-corrected chi connectivity index (χ4v) is 2.08. The number of rotatable bonds is 6. The van der Waals surface area contributed by atoms with Crippen molar-refractivity contribution >= 4 is 0 Å². The molecule has 0 radical (unpaired) electrons. The van der Waals surface area contributed by atoms with Crippen molar-refractivity contribution in [3.8, 4) is 5.75 Å². The highest BCUT2D eigenvalue weighted by Crippen LogP contribution is 2.12. The molecule has 0 atom stereocenters. The minimum Gasteiger partial charge on any atom is -0.497 e. The van der Waals surface area contributed by atoms with Gasteiger partial charge in [-0.1, -0.05) is 18.2 Å². The Morgan fingerprint density at radius 2 is 1.85 bits per heavy atom. The summed E-state index contributed by atoms with van der Waals surface area (Å²) in [5, 5.41) is 3.35. The van der Waals surface area contributed by atoms with Crippen LogP contribution in [-0.4, -0.2) is 13.7 Å². The van der Waals surface area contributed by atoms with Crippen LogP contribution in [0.5, 0.6) is 5.75 Å². The topological polar surface area (TPSA) is 21.3 Å². The second-order valence-corrected chi connectivity index (χ2v) is 4.85. The van der Waals surface area contributed by atoms with Crippen molar-refractivity contribution in [2.24, 2.45) is 0 Å². The Balaban J connectivity index is 1.79. The van der Waals surface area contributed by atoms with E-state index in [4.69, 9.17) is 4.74 Å². The molecule has 0 heterocycles. The number of hydrogen-bond acceptors (Lipinski definition) is 2. The van der Waals surface area contributed by atoms with E-state index in [9.17, 15) is 4.39 Å². The van der Waals surface area contributed by atoms with Gasteiger partial charge in [0.15, 0.2) is 0 Å². The number of halogens is 1. The molecule has 20 heavy (non-hydrogen) atoms. The molecule has 1 N–H and O–H groups in total. The Morgan fingerprint density at radius 3 is 2.55 bits per heavy atom. The molecule has 0 saturated carbocycles. The average Bonchev–Trinajstić information content (AvgIpc) is 2.47. The van der Waals surface area contributed by atoms with E-state index in [-0.39, 0.29) is 5.82 Å². The minimum absolute atomic E-state index is 0.178. The van der Waals surface area contributed by atoms with Crippen LogP contribution in [-0.2, 0) is 13.0 Å². The molecule has 0 spiro atoms. The molecule has 0 saturated heterocycles. The summed E-state index contributed by atoms with van der Waals surface area (Å²) in [5.41, 5.74) is 3.39. The van der Waals surface area contributed by atoms with E-state index >= 15 is 0 Å². The highest BCUT2D eigenvalue weighted by molar-refractivity contribution is 5.28. The van der Waals surface area contributed by atoms with Crippen LogP contribution in [0.4, 0.5) is 4.39 Å². The first-order chi connectivity index (χ1) is 9.69. The molecule has 0 aromatic heterocycles. The monoisotopic (exact) mass is 273 g/mol. The summed E-state index contributed by atoms with van der Waals surface area (Å²) in [6.45, 7) is 3.56. The fourth-order valence-electron chi connectivity index (χ4n) is 2.08. The Hall–Kier alpha value is -1.87. The average molecular weight is 273 g/mol. The third kappa shape index (κ3) is 4.07. The van der Waals surface area contributed by atoms with Gasteiger partial charge in [-0.25, -0.2) is 4.39 Å². The van der Waals surface area contributed by atoms with E-state index in [0.29, 0.717) is 6.54 Å². The van der Waals surface area contributed by atoms with Crippen LogP contribution in [0, 0.1) is 12.7 Å². The number of benzene rings is 2. The van der Waals surface area contributed by atoms with Crippen molar-refractivity contribution in [1.29, 1.82) is 0 Å². The Morgan fingerprint density at radius 1 is 1.10 bits per heavy atom. The third-order valence-electron chi connectivity index (χ3n) is 3.38. The normalized spacial score (nSPS) is 10.6. The summed E-state index contributed by atoms with van der Waals surface area (Å²) >= 11 is 0. The van der Waals surface area contributed by atoms with Crippen molar-refractivity contribution in [1.82, 2.24) is 5.32 Å². The van der Waals surface area contributed by atoms with Gasteiger partial charge in [-0.15, -0.1) is 0 Å². The number of methoxy groups -OCH3 is 1. The lowest BCUT2D eigenvalue weighted by Crippen LogP contribution is -2.17. The largest absolute Gasteiger partial charge is 0.497 e. The summed E-state index contributed by atoms with van der Waals surface area (Å²) < 4.78 is 18.3. The molecule has 2 rings (SSSR count). The van der Waals surface area contributed by atoms with E-state index in [1.807, 2.05) is 25.1 Å². The Labute approximate surface area is 119 Å². The quantitative estimate of drug-likeness (QED) is 0.814. The zero-order valence-corrected chi connectivity index (χ0v) is 11.9. The van der Waals surface area contributed by atoms with Crippen molar-refractivity contribution in [3.05, 3.63) is 65.0 Å². The standard InChI is InChI=1S/C17H20FNO/c1-13-3-6-16(18)11-15(13)12-19-10-9-14-4-7-17(20-2)8-5-14/h3-8,11,19H,9-10,12H2,1-2H3. The van der Waals surface area contributed by atoms with Crippen LogP contribution in [0.2, 0.25) is 0 Å². The number of nitrogens with one attached hydrogen (secondary N) is 1. The second kappa shape index (κ2) is 7.06. The summed E-state index contributed by atoms with van der Waals surface area (Å²) in [5.74, 6) is 0.694. The minimum atomic E-state index is -0.178. The first kappa shape index (κ1) is 14.5. The lowest BCUT2D eigenvalue weighted by Gasteiger charge is -2.08. The fraction of sp³-hybridized carbons (Fsp3) is 0.294. The molecular weight excluding hydrogens is 253 g/mol. The maximum absolute atomic E-state index is 13.2. The SMILES string of the molecule is COc1ccc(CCNCc2cc(F)ccc2C)cc1. The van der Waals surface area contributed by atoms with Gasteiger partial charge in [0, 0.05) is 6.54 Å². The number of aryl methyl sites for hydroxylation is 1. The van der Waals surface area contributed by atoms with Crippen LogP contribution in [0.25, 0.3) is 0 Å². The van der Waals surface area contributed by atoms with Gasteiger partial charge in [-0.05, 0) is 60.8 Å². The Kier molecular flexibility index (Phi) is 5.13. The van der Waals surface area contributed by atoms with Crippen LogP contribution in [0.1, 0.15) is 16.7 Å². The molecule has 106 valence electrons. The van der Waals surface area contributed by atoms with E-state index in [0.717, 1.165) is 29.8 Å². The van der Waals surface area contributed by atoms with Crippen molar-refractivity contribution in [3.63, 3.8) is 0 Å². The Bertz CT molecular complexity index is 551. The molecule has 0 aliphatic heterocycles. The van der Waals surface area contributed by atoms with Crippen LogP contribution >= 0.6 is 0 Å². The van der Waals surface area contributed by atoms with Crippen molar-refractivity contribution in [2.45, 2.75) is 19.9 Å². The molecule has 3 heteroatoms. The molecule has 0 fully saturated rings. The maximum atomic E-state index is 13.2. The zero-order valence-electron chi connectivity index (χ0n) is 11.9. The van der Waals surface area contributed by atoms with Gasteiger partial charge in [0.2, 0.25) is 0 Å². The highest BCUT2D eigenvalue weighted by Gasteiger charge is 2.00. The van der Waals surface area contributed by atoms with Gasteiger partial charge in [0.05, 0.1) is 7.11 Å². The van der Waals surface area contributed by atoms with Gasteiger partial charge in [0.1, 0.15) is 11.6 Å². The van der Waals surface area contributed by atoms with E-state index < -0.39 is 0 Å². The van der Waals surface area contributed by atoms with E-state index in [2.05, 4.69) is 17.4 Å². The molecule has 2 aromatic carbocycles. The molecule has 2 aromatic rings. The van der Waals surface area contributed by atoms with Crippen LogP contribution < -0.4 is 10.1 Å². The molecule has 0 aliphatic rings. The van der Waals surface area contributed by atoms with Gasteiger partial charge in [-0.3, -0.25) is 0 Å². The van der Waals surface area contributed by atoms with Crippen molar-refractivity contribution in [2.75, 3.05) is 13.7 Å². The molecule has 2 nitrogen and oxygen atoms in total. The van der Waals surface area contributed by atoms with E-state index in [1.165, 1.54) is 11.6 Å². The third-order valence-corrected chi connectivity index (χ3v) is 3.38. The molecular formula is C17H20FNO. The second-order valence-electron chi connectivity index (χ2n) is 4.85.